The summed E-state index contributed by atoms with van der Waals surface area (Å²) in [6.45, 7) is 1.33. The number of hydrogen-bond donors (Lipinski definition) is 0. The summed E-state index contributed by atoms with van der Waals surface area (Å²) in [5.74, 6) is -0.498. The molecule has 0 spiro atoms. The van der Waals surface area contributed by atoms with Crippen molar-refractivity contribution in [3.8, 4) is 21.1 Å². The van der Waals surface area contributed by atoms with Gasteiger partial charge in [0.25, 0.3) is 5.91 Å². The van der Waals surface area contributed by atoms with Crippen LogP contribution in [0.3, 0.4) is 0 Å². The molecule has 5 nitrogen and oxygen atoms in total. The van der Waals surface area contributed by atoms with Gasteiger partial charge in [0.05, 0.1) is 17.0 Å². The van der Waals surface area contributed by atoms with Crippen LogP contribution >= 0.6 is 22.7 Å². The predicted octanol–water partition coefficient (Wildman–Crippen LogP) is 4.64. The standard InChI is InChI=1S/C22H22N2O3S2/c25-19(24-11-5-2-6-12-24)15-27-20(26)14-18-21(17-10-7-13-28-17)23-22(29-18)16-8-3-1-4-9-16/h1,3-4,7-10,13H,2,5-6,11-12,14-15H2. The second-order valence-electron chi connectivity index (χ2n) is 6.91. The van der Waals surface area contributed by atoms with Gasteiger partial charge in [-0.3, -0.25) is 9.59 Å². The fourth-order valence-electron chi connectivity index (χ4n) is 3.34. The maximum Gasteiger partial charge on any atom is 0.311 e. The van der Waals surface area contributed by atoms with Gasteiger partial charge in [0, 0.05) is 23.5 Å². The Morgan fingerprint density at radius 2 is 1.83 bits per heavy atom. The number of benzene rings is 1. The van der Waals surface area contributed by atoms with Crippen LogP contribution in [0.4, 0.5) is 0 Å². The second kappa shape index (κ2) is 9.33. The fourth-order valence-corrected chi connectivity index (χ4v) is 5.21. The Bertz CT molecular complexity index is 961. The van der Waals surface area contributed by atoms with Gasteiger partial charge in [-0.25, -0.2) is 4.98 Å². The summed E-state index contributed by atoms with van der Waals surface area (Å²) in [5.41, 5.74) is 1.85. The van der Waals surface area contributed by atoms with Crippen LogP contribution in [0.15, 0.2) is 47.8 Å². The van der Waals surface area contributed by atoms with Crippen LogP contribution < -0.4 is 0 Å². The van der Waals surface area contributed by atoms with Crippen molar-refractivity contribution in [2.45, 2.75) is 25.7 Å². The van der Waals surface area contributed by atoms with Crippen molar-refractivity contribution < 1.29 is 14.3 Å². The lowest BCUT2D eigenvalue weighted by Gasteiger charge is -2.26. The number of esters is 1. The topological polar surface area (TPSA) is 59.5 Å². The van der Waals surface area contributed by atoms with Crippen LogP contribution in [0, 0.1) is 0 Å². The van der Waals surface area contributed by atoms with Crippen molar-refractivity contribution in [1.29, 1.82) is 0 Å². The van der Waals surface area contributed by atoms with Gasteiger partial charge >= 0.3 is 5.97 Å². The first kappa shape index (κ1) is 19.8. The molecule has 1 aliphatic heterocycles. The third-order valence-electron chi connectivity index (χ3n) is 4.84. The quantitative estimate of drug-likeness (QED) is 0.539. The van der Waals surface area contributed by atoms with Crippen molar-refractivity contribution in [2.75, 3.05) is 19.7 Å². The number of carbonyl (C=O) groups excluding carboxylic acids is 2. The highest BCUT2D eigenvalue weighted by Crippen LogP contribution is 2.36. The van der Waals surface area contributed by atoms with E-state index in [2.05, 4.69) is 0 Å². The first-order valence-corrected chi connectivity index (χ1v) is 11.4. The van der Waals surface area contributed by atoms with Crippen molar-refractivity contribution in [3.63, 3.8) is 0 Å². The number of nitrogens with zero attached hydrogens (tertiary/aromatic N) is 2. The molecule has 150 valence electrons. The van der Waals surface area contributed by atoms with E-state index in [1.165, 1.54) is 11.3 Å². The first-order valence-electron chi connectivity index (χ1n) is 9.73. The molecule has 1 aliphatic rings. The van der Waals surface area contributed by atoms with Gasteiger partial charge in [0.1, 0.15) is 5.01 Å². The van der Waals surface area contributed by atoms with Gasteiger partial charge in [-0.15, -0.1) is 22.7 Å². The van der Waals surface area contributed by atoms with E-state index < -0.39 is 5.97 Å². The van der Waals surface area contributed by atoms with Crippen molar-refractivity contribution in [2.24, 2.45) is 0 Å². The van der Waals surface area contributed by atoms with E-state index in [1.54, 1.807) is 16.2 Å². The summed E-state index contributed by atoms with van der Waals surface area (Å²) in [7, 11) is 0. The van der Waals surface area contributed by atoms with E-state index in [4.69, 9.17) is 9.72 Å². The summed E-state index contributed by atoms with van der Waals surface area (Å²) >= 11 is 3.09. The van der Waals surface area contributed by atoms with E-state index in [-0.39, 0.29) is 18.9 Å². The Balaban J connectivity index is 1.46. The minimum absolute atomic E-state index is 0.106. The number of likely N-dealkylation sites (tertiary alicyclic amines) is 1. The molecule has 7 heteroatoms. The minimum Gasteiger partial charge on any atom is -0.455 e. The molecule has 0 aliphatic carbocycles. The van der Waals surface area contributed by atoms with Crippen LogP contribution in [0.1, 0.15) is 24.1 Å². The van der Waals surface area contributed by atoms with Crippen LogP contribution in [-0.2, 0) is 20.7 Å². The molecule has 0 N–H and O–H groups in total. The summed E-state index contributed by atoms with van der Waals surface area (Å²) in [6, 6.07) is 13.9. The smallest absolute Gasteiger partial charge is 0.311 e. The highest BCUT2D eigenvalue weighted by molar-refractivity contribution is 7.17. The highest BCUT2D eigenvalue weighted by Gasteiger charge is 2.21. The number of thiazole rings is 1. The van der Waals surface area contributed by atoms with Crippen LogP contribution in [-0.4, -0.2) is 41.5 Å². The highest BCUT2D eigenvalue weighted by atomic mass is 32.1. The second-order valence-corrected chi connectivity index (χ2v) is 8.94. The lowest BCUT2D eigenvalue weighted by molar-refractivity contribution is -0.151. The third kappa shape index (κ3) is 4.92. The van der Waals surface area contributed by atoms with Crippen molar-refractivity contribution >= 4 is 34.6 Å². The van der Waals surface area contributed by atoms with E-state index in [9.17, 15) is 9.59 Å². The molecule has 2 aromatic heterocycles. The molecule has 4 rings (SSSR count). The predicted molar refractivity (Wildman–Crippen MR) is 116 cm³/mol. The largest absolute Gasteiger partial charge is 0.455 e. The number of piperidine rings is 1. The number of carbonyl (C=O) groups is 2. The molecule has 0 unspecified atom stereocenters. The van der Waals surface area contributed by atoms with Gasteiger partial charge in [0.15, 0.2) is 6.61 Å². The summed E-state index contributed by atoms with van der Waals surface area (Å²) < 4.78 is 5.30. The Labute approximate surface area is 178 Å². The van der Waals surface area contributed by atoms with Crippen molar-refractivity contribution in [3.05, 3.63) is 52.7 Å². The molecule has 3 aromatic rings. The minimum atomic E-state index is -0.392. The average molecular weight is 427 g/mol. The molecule has 1 amide bonds. The monoisotopic (exact) mass is 426 g/mol. The SMILES string of the molecule is O=C(Cc1sc(-c2ccccc2)nc1-c1cccs1)OCC(=O)N1CCCCC1. The van der Waals surface area contributed by atoms with E-state index in [0.717, 1.165) is 58.4 Å². The number of amides is 1. The summed E-state index contributed by atoms with van der Waals surface area (Å²) in [5, 5.41) is 2.87. The first-order chi connectivity index (χ1) is 14.2. The molecule has 0 saturated carbocycles. The van der Waals surface area contributed by atoms with Gasteiger partial charge in [-0.1, -0.05) is 36.4 Å². The number of hydrogen-bond acceptors (Lipinski definition) is 6. The van der Waals surface area contributed by atoms with E-state index in [0.29, 0.717) is 0 Å². The molecule has 0 bridgehead atoms. The zero-order chi connectivity index (χ0) is 20.1. The van der Waals surface area contributed by atoms with Gasteiger partial charge in [0.2, 0.25) is 0 Å². The van der Waals surface area contributed by atoms with Gasteiger partial charge < -0.3 is 9.64 Å². The number of ether oxygens (including phenoxy) is 1. The Hall–Kier alpha value is -2.51. The number of thiophene rings is 1. The molecule has 3 heterocycles. The maximum atomic E-state index is 12.5. The Kier molecular flexibility index (Phi) is 6.36. The Morgan fingerprint density at radius 3 is 2.55 bits per heavy atom. The normalized spacial score (nSPS) is 14.0. The number of rotatable bonds is 6. The molecular formula is C22H22N2O3S2. The zero-order valence-electron chi connectivity index (χ0n) is 16.0. The molecule has 0 atom stereocenters. The van der Waals surface area contributed by atoms with Crippen LogP contribution in [0.25, 0.3) is 21.1 Å². The zero-order valence-corrected chi connectivity index (χ0v) is 17.6. The molecule has 1 aromatic carbocycles. The molecule has 0 radical (unpaired) electrons. The molecule has 1 fully saturated rings. The average Bonchev–Trinajstić information content (AvgIpc) is 3.43. The number of aromatic nitrogens is 1. The lowest BCUT2D eigenvalue weighted by atomic mass is 10.1. The summed E-state index contributed by atoms with van der Waals surface area (Å²) in [4.78, 5) is 33.2. The van der Waals surface area contributed by atoms with Gasteiger partial charge in [-0.05, 0) is 30.7 Å². The Morgan fingerprint density at radius 1 is 1.03 bits per heavy atom. The molecule has 1 saturated heterocycles. The fraction of sp³-hybridized carbons (Fsp3) is 0.318. The lowest BCUT2D eigenvalue weighted by Crippen LogP contribution is -2.38. The summed E-state index contributed by atoms with van der Waals surface area (Å²) in [6.07, 6.45) is 3.31. The third-order valence-corrected chi connectivity index (χ3v) is 6.82. The van der Waals surface area contributed by atoms with Crippen molar-refractivity contribution in [1.82, 2.24) is 9.88 Å². The molecular weight excluding hydrogens is 404 g/mol. The maximum absolute atomic E-state index is 12.5. The molecule has 29 heavy (non-hydrogen) atoms. The van der Waals surface area contributed by atoms with E-state index >= 15 is 0 Å². The van der Waals surface area contributed by atoms with Gasteiger partial charge in [-0.2, -0.15) is 0 Å². The van der Waals surface area contributed by atoms with Crippen LogP contribution in [0.5, 0.6) is 0 Å². The van der Waals surface area contributed by atoms with E-state index in [1.807, 2.05) is 47.8 Å². The van der Waals surface area contributed by atoms with Crippen LogP contribution in [0.2, 0.25) is 0 Å².